The number of hydrogen-bond acceptors (Lipinski definition) is 5. The number of morpholine rings is 1. The molecule has 0 radical (unpaired) electrons. The van der Waals surface area contributed by atoms with Crippen molar-refractivity contribution in [1.82, 2.24) is 24.5 Å². The van der Waals surface area contributed by atoms with Crippen molar-refractivity contribution in [3.8, 4) is 0 Å². The molecule has 1 saturated heterocycles. The third-order valence-electron chi connectivity index (χ3n) is 4.71. The molecule has 3 heterocycles. The van der Waals surface area contributed by atoms with Crippen LogP contribution in [0.25, 0.3) is 0 Å². The highest BCUT2D eigenvalue weighted by Crippen LogP contribution is 2.15. The van der Waals surface area contributed by atoms with Gasteiger partial charge < -0.3 is 15.0 Å². The van der Waals surface area contributed by atoms with E-state index in [9.17, 15) is 9.59 Å². The van der Waals surface area contributed by atoms with Crippen molar-refractivity contribution in [2.45, 2.75) is 46.4 Å². The van der Waals surface area contributed by atoms with E-state index in [-0.39, 0.29) is 18.4 Å². The summed E-state index contributed by atoms with van der Waals surface area (Å²) in [6.07, 6.45) is 3.18. The lowest BCUT2D eigenvalue weighted by Gasteiger charge is -2.32. The Kier molecular flexibility index (Phi) is 5.90. The molecule has 1 atom stereocenters. The van der Waals surface area contributed by atoms with E-state index in [2.05, 4.69) is 15.5 Å². The number of rotatable bonds is 6. The molecule has 27 heavy (non-hydrogen) atoms. The van der Waals surface area contributed by atoms with Crippen LogP contribution in [0.1, 0.15) is 24.7 Å². The fraction of sp³-hybridized carbons (Fsp3) is 0.556. The quantitative estimate of drug-likeness (QED) is 0.813. The Hall–Kier alpha value is -2.68. The van der Waals surface area contributed by atoms with Crippen LogP contribution in [0.5, 0.6) is 0 Å². The summed E-state index contributed by atoms with van der Waals surface area (Å²) in [4.78, 5) is 26.8. The average molecular weight is 374 g/mol. The maximum Gasteiger partial charge on any atom is 0.255 e. The minimum Gasteiger partial charge on any atom is -0.365 e. The monoisotopic (exact) mass is 374 g/mol. The Morgan fingerprint density at radius 2 is 2.19 bits per heavy atom. The van der Waals surface area contributed by atoms with Gasteiger partial charge >= 0.3 is 0 Å². The molecule has 2 aromatic heterocycles. The van der Waals surface area contributed by atoms with Crippen LogP contribution in [-0.4, -0.2) is 62.1 Å². The Bertz CT molecular complexity index is 812. The van der Waals surface area contributed by atoms with Gasteiger partial charge in [0.2, 0.25) is 5.91 Å². The zero-order valence-corrected chi connectivity index (χ0v) is 16.0. The van der Waals surface area contributed by atoms with E-state index in [0.29, 0.717) is 31.8 Å². The number of nitrogens with zero attached hydrogens (tertiary/aromatic N) is 5. The van der Waals surface area contributed by atoms with Crippen LogP contribution in [0.2, 0.25) is 0 Å². The molecule has 2 aromatic rings. The number of hydrogen-bond donors (Lipinski definition) is 1. The summed E-state index contributed by atoms with van der Waals surface area (Å²) in [5.41, 5.74) is 2.44. The summed E-state index contributed by atoms with van der Waals surface area (Å²) in [5, 5.41) is 11.4. The summed E-state index contributed by atoms with van der Waals surface area (Å²) in [5.74, 6) is -0.254. The predicted octanol–water partition coefficient (Wildman–Crippen LogP) is 0.973. The first-order chi connectivity index (χ1) is 13.0. The molecule has 146 valence electrons. The Morgan fingerprint density at radius 1 is 1.37 bits per heavy atom. The maximum absolute atomic E-state index is 12.5. The minimum atomic E-state index is -0.682. The van der Waals surface area contributed by atoms with E-state index >= 15 is 0 Å². The highest BCUT2D eigenvalue weighted by molar-refractivity contribution is 5.95. The predicted molar refractivity (Wildman–Crippen MR) is 99.2 cm³/mol. The molecule has 0 spiro atoms. The summed E-state index contributed by atoms with van der Waals surface area (Å²) >= 11 is 0. The average Bonchev–Trinajstić information content (AvgIpc) is 3.25. The first kappa shape index (κ1) is 19.1. The van der Waals surface area contributed by atoms with E-state index in [0.717, 1.165) is 17.9 Å². The van der Waals surface area contributed by atoms with Crippen molar-refractivity contribution in [2.75, 3.05) is 25.0 Å². The third-order valence-corrected chi connectivity index (χ3v) is 4.71. The van der Waals surface area contributed by atoms with E-state index in [1.54, 1.807) is 26.7 Å². The number of nitrogens with one attached hydrogen (secondary N) is 1. The summed E-state index contributed by atoms with van der Waals surface area (Å²) in [7, 11) is 0. The second kappa shape index (κ2) is 8.34. The first-order valence-electron chi connectivity index (χ1n) is 9.20. The molecular formula is C18H26N6O3. The summed E-state index contributed by atoms with van der Waals surface area (Å²) < 4.78 is 9.15. The van der Waals surface area contributed by atoms with Crippen molar-refractivity contribution < 1.29 is 14.3 Å². The Balaban J connectivity index is 1.54. The number of ether oxygens (including phenoxy) is 1. The fourth-order valence-corrected chi connectivity index (χ4v) is 3.04. The molecule has 2 amide bonds. The normalized spacial score (nSPS) is 17.1. The molecule has 0 aliphatic carbocycles. The highest BCUT2D eigenvalue weighted by Gasteiger charge is 2.29. The second-order valence-electron chi connectivity index (χ2n) is 6.62. The van der Waals surface area contributed by atoms with Crippen LogP contribution >= 0.6 is 0 Å². The molecule has 1 aliphatic heterocycles. The maximum atomic E-state index is 12.5. The topological polar surface area (TPSA) is 94.3 Å². The van der Waals surface area contributed by atoms with Gasteiger partial charge in [0, 0.05) is 44.1 Å². The van der Waals surface area contributed by atoms with Crippen molar-refractivity contribution in [1.29, 1.82) is 0 Å². The van der Waals surface area contributed by atoms with Crippen LogP contribution in [0.4, 0.5) is 5.69 Å². The molecule has 3 rings (SSSR count). The van der Waals surface area contributed by atoms with Gasteiger partial charge in [0.25, 0.3) is 5.91 Å². The Morgan fingerprint density at radius 3 is 2.85 bits per heavy atom. The van der Waals surface area contributed by atoms with Gasteiger partial charge in [-0.15, -0.1) is 0 Å². The minimum absolute atomic E-state index is 0.000910. The van der Waals surface area contributed by atoms with Crippen molar-refractivity contribution in [3.63, 3.8) is 0 Å². The lowest BCUT2D eigenvalue weighted by molar-refractivity contribution is -0.144. The largest absolute Gasteiger partial charge is 0.365 e. The molecule has 1 N–H and O–H groups in total. The molecule has 0 aromatic carbocycles. The number of carbonyl (C=O) groups is 2. The zero-order chi connectivity index (χ0) is 19.4. The standard InChI is InChI=1S/C18H26N6O3/c1-4-23-11-15(14(3)21-23)20-18(26)16-12-22(9-10-27-16)17(25)6-8-24-13(2)5-7-19-24/h5,7,11,16H,4,6,8-10,12H2,1-3H3,(H,20,26). The molecule has 9 heteroatoms. The summed E-state index contributed by atoms with van der Waals surface area (Å²) in [6, 6.07) is 1.91. The molecule has 1 fully saturated rings. The van der Waals surface area contributed by atoms with Crippen LogP contribution < -0.4 is 5.32 Å². The molecule has 0 bridgehead atoms. The summed E-state index contributed by atoms with van der Waals surface area (Å²) in [6.45, 7) is 8.13. The molecule has 1 aliphatic rings. The number of aromatic nitrogens is 4. The van der Waals surface area contributed by atoms with Crippen molar-refractivity contribution in [2.24, 2.45) is 0 Å². The number of anilines is 1. The van der Waals surface area contributed by atoms with Crippen LogP contribution in [-0.2, 0) is 27.4 Å². The number of carbonyl (C=O) groups excluding carboxylic acids is 2. The number of aryl methyl sites for hydroxylation is 4. The van der Waals surface area contributed by atoms with Gasteiger partial charge in [-0.1, -0.05) is 0 Å². The lowest BCUT2D eigenvalue weighted by atomic mass is 10.2. The van der Waals surface area contributed by atoms with E-state index < -0.39 is 6.10 Å². The third kappa shape index (κ3) is 4.54. The van der Waals surface area contributed by atoms with Crippen LogP contribution in [0.3, 0.4) is 0 Å². The fourth-order valence-electron chi connectivity index (χ4n) is 3.04. The number of amides is 2. The zero-order valence-electron chi connectivity index (χ0n) is 16.0. The highest BCUT2D eigenvalue weighted by atomic mass is 16.5. The molecule has 9 nitrogen and oxygen atoms in total. The van der Waals surface area contributed by atoms with Crippen molar-refractivity contribution in [3.05, 3.63) is 29.8 Å². The van der Waals surface area contributed by atoms with E-state index in [4.69, 9.17) is 4.74 Å². The van der Waals surface area contributed by atoms with Gasteiger partial charge in [-0.2, -0.15) is 10.2 Å². The van der Waals surface area contributed by atoms with Gasteiger partial charge in [-0.05, 0) is 26.8 Å². The van der Waals surface area contributed by atoms with Crippen molar-refractivity contribution >= 4 is 17.5 Å². The smallest absolute Gasteiger partial charge is 0.255 e. The first-order valence-corrected chi connectivity index (χ1v) is 9.20. The van der Waals surface area contributed by atoms with E-state index in [1.807, 2.05) is 26.8 Å². The molecular weight excluding hydrogens is 348 g/mol. The van der Waals surface area contributed by atoms with Crippen LogP contribution in [0, 0.1) is 13.8 Å². The van der Waals surface area contributed by atoms with E-state index in [1.165, 1.54) is 0 Å². The second-order valence-corrected chi connectivity index (χ2v) is 6.62. The van der Waals surface area contributed by atoms with Gasteiger partial charge in [-0.3, -0.25) is 19.0 Å². The van der Waals surface area contributed by atoms with Gasteiger partial charge in [0.05, 0.1) is 24.5 Å². The SMILES string of the molecule is CCn1cc(NC(=O)C2CN(C(=O)CCn3nccc3C)CCO2)c(C)n1. The van der Waals surface area contributed by atoms with Gasteiger partial charge in [0.15, 0.2) is 6.10 Å². The molecule has 0 saturated carbocycles. The Labute approximate surface area is 158 Å². The van der Waals surface area contributed by atoms with Gasteiger partial charge in [-0.25, -0.2) is 0 Å². The molecule has 1 unspecified atom stereocenters. The van der Waals surface area contributed by atoms with Crippen LogP contribution in [0.15, 0.2) is 18.5 Å². The lowest BCUT2D eigenvalue weighted by Crippen LogP contribution is -2.50. The van der Waals surface area contributed by atoms with Gasteiger partial charge in [0.1, 0.15) is 0 Å².